The summed E-state index contributed by atoms with van der Waals surface area (Å²) in [4.78, 5) is 27.3. The molecule has 0 aliphatic carbocycles. The Morgan fingerprint density at radius 1 is 1.16 bits per heavy atom. The number of nitrogens with zero attached hydrogens (tertiary/aromatic N) is 3. The molecule has 0 spiro atoms. The molecule has 8 heteroatoms. The molecule has 176 valence electrons. The number of benzene rings is 1. The van der Waals surface area contributed by atoms with Crippen LogP contribution in [0.2, 0.25) is 5.02 Å². The van der Waals surface area contributed by atoms with Crippen molar-refractivity contribution in [3.63, 3.8) is 0 Å². The Bertz CT molecular complexity index is 892. The summed E-state index contributed by atoms with van der Waals surface area (Å²) in [6.07, 6.45) is 2.56. The van der Waals surface area contributed by atoms with Crippen LogP contribution in [0.25, 0.3) is 10.6 Å². The lowest BCUT2D eigenvalue weighted by Crippen LogP contribution is -2.41. The van der Waals surface area contributed by atoms with Gasteiger partial charge in [0.25, 0.3) is 0 Å². The van der Waals surface area contributed by atoms with E-state index in [1.807, 2.05) is 24.0 Å². The van der Waals surface area contributed by atoms with Gasteiger partial charge < -0.3 is 10.2 Å². The molecule has 2 amide bonds. The van der Waals surface area contributed by atoms with E-state index in [0.717, 1.165) is 18.4 Å². The fourth-order valence-electron chi connectivity index (χ4n) is 3.73. The molecule has 0 saturated carbocycles. The molecular formula is C24H35ClN4O2S. The molecule has 1 heterocycles. The van der Waals surface area contributed by atoms with Crippen LogP contribution in [-0.2, 0) is 9.59 Å². The average molecular weight is 479 g/mol. The van der Waals surface area contributed by atoms with Crippen molar-refractivity contribution in [2.75, 3.05) is 11.9 Å². The first kappa shape index (κ1) is 26.3. The highest BCUT2D eigenvalue weighted by molar-refractivity contribution is 7.18. The van der Waals surface area contributed by atoms with E-state index in [-0.39, 0.29) is 29.7 Å². The van der Waals surface area contributed by atoms with Crippen molar-refractivity contribution >= 4 is 39.9 Å². The van der Waals surface area contributed by atoms with Crippen molar-refractivity contribution in [2.45, 2.75) is 73.3 Å². The SMILES string of the molecule is CC[C@@H](C)N(CCC(=O)Nc1nnc(-c2ccc(Cl)cc2)s1)C(=O)C[C@H](C)CC(C)(C)C. The van der Waals surface area contributed by atoms with E-state index in [0.29, 0.717) is 34.0 Å². The number of rotatable bonds is 10. The fraction of sp³-hybridized carbons (Fsp3) is 0.583. The molecule has 0 aliphatic heterocycles. The molecule has 2 atom stereocenters. The molecule has 1 aromatic heterocycles. The predicted molar refractivity (Wildman–Crippen MR) is 133 cm³/mol. The van der Waals surface area contributed by atoms with E-state index in [2.05, 4.69) is 50.1 Å². The number of nitrogens with one attached hydrogen (secondary N) is 1. The summed E-state index contributed by atoms with van der Waals surface area (Å²) in [5.41, 5.74) is 1.08. The van der Waals surface area contributed by atoms with E-state index in [1.54, 1.807) is 12.1 Å². The van der Waals surface area contributed by atoms with Crippen LogP contribution in [0, 0.1) is 11.3 Å². The first-order valence-corrected chi connectivity index (χ1v) is 12.4. The second-order valence-corrected chi connectivity index (χ2v) is 11.0. The van der Waals surface area contributed by atoms with Crippen molar-refractivity contribution in [2.24, 2.45) is 11.3 Å². The fourth-order valence-corrected chi connectivity index (χ4v) is 4.62. The summed E-state index contributed by atoms with van der Waals surface area (Å²) in [6, 6.07) is 7.41. The molecule has 0 saturated heterocycles. The van der Waals surface area contributed by atoms with E-state index >= 15 is 0 Å². The van der Waals surface area contributed by atoms with Crippen LogP contribution in [-0.4, -0.2) is 39.5 Å². The summed E-state index contributed by atoms with van der Waals surface area (Å²) < 4.78 is 0. The van der Waals surface area contributed by atoms with E-state index < -0.39 is 0 Å². The smallest absolute Gasteiger partial charge is 0.227 e. The topological polar surface area (TPSA) is 75.2 Å². The Hall–Kier alpha value is -1.99. The van der Waals surface area contributed by atoms with Crippen LogP contribution in [0.15, 0.2) is 24.3 Å². The Labute approximate surface area is 200 Å². The molecule has 0 bridgehead atoms. The highest BCUT2D eigenvalue weighted by atomic mass is 35.5. The number of hydrogen-bond acceptors (Lipinski definition) is 5. The largest absolute Gasteiger partial charge is 0.339 e. The lowest BCUT2D eigenvalue weighted by molar-refractivity contribution is -0.134. The third kappa shape index (κ3) is 8.51. The number of amides is 2. The third-order valence-electron chi connectivity index (χ3n) is 5.27. The number of carbonyl (C=O) groups excluding carboxylic acids is 2. The summed E-state index contributed by atoms with van der Waals surface area (Å²) in [6.45, 7) is 13.2. The van der Waals surface area contributed by atoms with Gasteiger partial charge in [0, 0.05) is 36.0 Å². The lowest BCUT2D eigenvalue weighted by atomic mass is 9.84. The third-order valence-corrected chi connectivity index (χ3v) is 6.41. The second kappa shape index (κ2) is 11.8. The molecule has 1 N–H and O–H groups in total. The first-order valence-electron chi connectivity index (χ1n) is 11.2. The molecule has 32 heavy (non-hydrogen) atoms. The highest BCUT2D eigenvalue weighted by Crippen LogP contribution is 2.28. The van der Waals surface area contributed by atoms with E-state index in [9.17, 15) is 9.59 Å². The maximum Gasteiger partial charge on any atom is 0.227 e. The van der Waals surface area contributed by atoms with Gasteiger partial charge in [-0.05, 0) is 43.2 Å². The van der Waals surface area contributed by atoms with Gasteiger partial charge in [-0.25, -0.2) is 0 Å². The molecule has 0 unspecified atom stereocenters. The van der Waals surface area contributed by atoms with Crippen molar-refractivity contribution < 1.29 is 9.59 Å². The molecule has 2 aromatic rings. The molecule has 1 aromatic carbocycles. The molecule has 2 rings (SSSR count). The number of carbonyl (C=O) groups is 2. The van der Waals surface area contributed by atoms with Gasteiger partial charge in [0.15, 0.2) is 0 Å². The zero-order valence-electron chi connectivity index (χ0n) is 19.9. The van der Waals surface area contributed by atoms with Gasteiger partial charge in [0.05, 0.1) is 0 Å². The Morgan fingerprint density at radius 3 is 2.41 bits per heavy atom. The molecule has 0 fully saturated rings. The molecular weight excluding hydrogens is 444 g/mol. The van der Waals surface area contributed by atoms with Gasteiger partial charge in [-0.2, -0.15) is 0 Å². The average Bonchev–Trinajstić information content (AvgIpc) is 3.15. The molecule has 6 nitrogen and oxygen atoms in total. The number of anilines is 1. The zero-order chi connectivity index (χ0) is 23.9. The second-order valence-electron chi connectivity index (χ2n) is 9.64. The van der Waals surface area contributed by atoms with Gasteiger partial charge in [-0.1, -0.05) is 69.7 Å². The number of halogens is 1. The standard InChI is InChI=1S/C24H35ClN4O2S/c1-7-17(3)29(21(31)14-16(2)15-24(4,5)6)13-12-20(30)26-23-28-27-22(32-23)18-8-10-19(25)11-9-18/h8-11,16-17H,7,12-15H2,1-6H3,(H,26,28,30)/t16-,17+/m0/s1. The summed E-state index contributed by atoms with van der Waals surface area (Å²) in [5.74, 6) is 0.244. The van der Waals surface area contributed by atoms with Gasteiger partial charge in [0.2, 0.25) is 16.9 Å². The minimum absolute atomic E-state index is 0.0928. The molecule has 0 radical (unpaired) electrons. The quantitative estimate of drug-likeness (QED) is 0.436. The van der Waals surface area contributed by atoms with Gasteiger partial charge in [-0.15, -0.1) is 10.2 Å². The maximum absolute atomic E-state index is 13.0. The van der Waals surface area contributed by atoms with Crippen molar-refractivity contribution in [1.29, 1.82) is 0 Å². The van der Waals surface area contributed by atoms with Crippen molar-refractivity contribution in [1.82, 2.24) is 15.1 Å². The van der Waals surface area contributed by atoms with Gasteiger partial charge in [-0.3, -0.25) is 9.59 Å². The minimum Gasteiger partial charge on any atom is -0.339 e. The van der Waals surface area contributed by atoms with Crippen LogP contribution in [0.4, 0.5) is 5.13 Å². The number of hydrogen-bond donors (Lipinski definition) is 1. The zero-order valence-corrected chi connectivity index (χ0v) is 21.5. The number of aromatic nitrogens is 2. The Morgan fingerprint density at radius 2 is 1.81 bits per heavy atom. The summed E-state index contributed by atoms with van der Waals surface area (Å²) >= 11 is 7.23. The van der Waals surface area contributed by atoms with Gasteiger partial charge >= 0.3 is 0 Å². The van der Waals surface area contributed by atoms with Crippen molar-refractivity contribution in [3.8, 4) is 10.6 Å². The highest BCUT2D eigenvalue weighted by Gasteiger charge is 2.24. The lowest BCUT2D eigenvalue weighted by Gasteiger charge is -2.31. The van der Waals surface area contributed by atoms with Crippen LogP contribution >= 0.6 is 22.9 Å². The van der Waals surface area contributed by atoms with Crippen LogP contribution in [0.1, 0.15) is 67.2 Å². The van der Waals surface area contributed by atoms with E-state index in [1.165, 1.54) is 11.3 Å². The van der Waals surface area contributed by atoms with Crippen LogP contribution in [0.3, 0.4) is 0 Å². The normalized spacial score (nSPS) is 13.5. The summed E-state index contributed by atoms with van der Waals surface area (Å²) in [7, 11) is 0. The van der Waals surface area contributed by atoms with Gasteiger partial charge in [0.1, 0.15) is 5.01 Å². The summed E-state index contributed by atoms with van der Waals surface area (Å²) in [5, 5.41) is 12.8. The van der Waals surface area contributed by atoms with E-state index in [4.69, 9.17) is 11.6 Å². The molecule has 0 aliphatic rings. The Kier molecular flexibility index (Phi) is 9.64. The van der Waals surface area contributed by atoms with Crippen LogP contribution in [0.5, 0.6) is 0 Å². The predicted octanol–water partition coefficient (Wildman–Crippen LogP) is 6.28. The monoisotopic (exact) mass is 478 g/mol. The first-order chi connectivity index (χ1) is 15.0. The maximum atomic E-state index is 13.0. The Balaban J connectivity index is 1.93. The minimum atomic E-state index is -0.173. The van der Waals surface area contributed by atoms with Crippen molar-refractivity contribution in [3.05, 3.63) is 29.3 Å². The van der Waals surface area contributed by atoms with Crippen LogP contribution < -0.4 is 5.32 Å².